The molecule has 0 spiro atoms. The molecule has 1 aromatic heterocycles. The lowest BCUT2D eigenvalue weighted by atomic mass is 10.0. The van der Waals surface area contributed by atoms with Crippen LogP contribution >= 0.6 is 15.9 Å². The molecule has 19 nitrogen and oxygen atoms in total. The van der Waals surface area contributed by atoms with E-state index in [1.807, 2.05) is 37.3 Å². The Bertz CT molecular complexity index is 2550. The Hall–Kier alpha value is -6.32. The van der Waals surface area contributed by atoms with E-state index in [0.717, 1.165) is 28.6 Å². The Labute approximate surface area is 421 Å². The molecule has 6 amide bonds. The molecule has 2 atom stereocenters. The Morgan fingerprint density at radius 3 is 2.38 bits per heavy atom. The highest BCUT2D eigenvalue weighted by molar-refractivity contribution is 9.10. The van der Waals surface area contributed by atoms with Crippen molar-refractivity contribution in [3.8, 4) is 5.75 Å². The van der Waals surface area contributed by atoms with Gasteiger partial charge < -0.3 is 49.6 Å². The van der Waals surface area contributed by atoms with E-state index in [4.69, 9.17) is 23.9 Å². The van der Waals surface area contributed by atoms with Gasteiger partial charge in [0.05, 0.1) is 52.9 Å². The molecule has 3 aromatic carbocycles. The second-order valence-corrected chi connectivity index (χ2v) is 18.3. The summed E-state index contributed by atoms with van der Waals surface area (Å²) in [5, 5.41) is 11.4. The van der Waals surface area contributed by atoms with E-state index < -0.39 is 11.9 Å². The van der Waals surface area contributed by atoms with E-state index in [1.54, 1.807) is 55.6 Å². The number of imide groups is 1. The minimum atomic E-state index is -0.715. The molecule has 3 aliphatic rings. The van der Waals surface area contributed by atoms with Crippen LogP contribution in [-0.4, -0.2) is 136 Å². The van der Waals surface area contributed by atoms with Gasteiger partial charge in [0.25, 0.3) is 11.8 Å². The molecule has 1 saturated heterocycles. The fourth-order valence-corrected chi connectivity index (χ4v) is 8.99. The van der Waals surface area contributed by atoms with Crippen molar-refractivity contribution in [3.63, 3.8) is 0 Å². The van der Waals surface area contributed by atoms with E-state index in [2.05, 4.69) is 47.1 Å². The number of carbonyl (C=O) groups is 6. The normalized spacial score (nSPS) is 16.5. The summed E-state index contributed by atoms with van der Waals surface area (Å²) in [6.07, 6.45) is 4.92. The number of aromatic nitrogens is 2. The molecule has 0 bridgehead atoms. The minimum absolute atomic E-state index is 0.00163. The Kier molecular flexibility index (Phi) is 19.0. The monoisotopic (exact) mass is 1040 g/mol. The molecule has 1 unspecified atom stereocenters. The third-order valence-electron chi connectivity index (χ3n) is 12.5. The number of piperidine rings is 1. The highest BCUT2D eigenvalue weighted by Gasteiger charge is 2.40. The second kappa shape index (κ2) is 25.7. The van der Waals surface area contributed by atoms with Gasteiger partial charge >= 0.3 is 0 Å². The molecule has 4 N–H and O–H groups in total. The van der Waals surface area contributed by atoms with Crippen molar-refractivity contribution in [2.45, 2.75) is 77.0 Å². The molecule has 7 rings (SSSR count). The van der Waals surface area contributed by atoms with E-state index >= 15 is 0 Å². The van der Waals surface area contributed by atoms with Gasteiger partial charge in [-0.2, -0.15) is 0 Å². The van der Waals surface area contributed by atoms with Crippen LogP contribution in [0.15, 0.2) is 71.3 Å². The van der Waals surface area contributed by atoms with Gasteiger partial charge in [0.15, 0.2) is 5.82 Å². The van der Waals surface area contributed by atoms with Crippen LogP contribution in [0, 0.1) is 0 Å². The van der Waals surface area contributed by atoms with Gasteiger partial charge in [0.2, 0.25) is 23.6 Å². The number of methoxy groups -OCH3 is 1. The molecular formula is C51H62BrN9O10. The molecule has 378 valence electrons. The first kappa shape index (κ1) is 52.5. The summed E-state index contributed by atoms with van der Waals surface area (Å²) in [6, 6.07) is 17.4. The van der Waals surface area contributed by atoms with Crippen LogP contribution in [0.2, 0.25) is 0 Å². The lowest BCUT2D eigenvalue weighted by Gasteiger charge is -2.40. The number of amides is 6. The summed E-state index contributed by atoms with van der Waals surface area (Å²) in [5.41, 5.74) is 4.65. The Morgan fingerprint density at radius 1 is 0.901 bits per heavy atom. The van der Waals surface area contributed by atoms with Gasteiger partial charge in [-0.15, -0.1) is 0 Å². The zero-order chi connectivity index (χ0) is 50.3. The molecule has 0 aliphatic carbocycles. The van der Waals surface area contributed by atoms with E-state index in [0.29, 0.717) is 130 Å². The number of benzene rings is 3. The fraction of sp³-hybridized carbons (Fsp3) is 0.451. The first-order valence-electron chi connectivity index (χ1n) is 24.1. The van der Waals surface area contributed by atoms with E-state index in [-0.39, 0.29) is 55.0 Å². The van der Waals surface area contributed by atoms with Crippen LogP contribution in [0.5, 0.6) is 5.75 Å². The van der Waals surface area contributed by atoms with E-state index in [1.165, 1.54) is 4.90 Å². The Morgan fingerprint density at radius 2 is 1.65 bits per heavy atom. The lowest BCUT2D eigenvalue weighted by molar-refractivity contribution is -0.137. The number of unbranched alkanes of at least 4 members (excludes halogenated alkanes) is 1. The molecule has 0 radical (unpaired) electrons. The number of halogens is 1. The van der Waals surface area contributed by atoms with Gasteiger partial charge in [0, 0.05) is 84.9 Å². The third-order valence-corrected chi connectivity index (χ3v) is 13.1. The molecule has 71 heavy (non-hydrogen) atoms. The third kappa shape index (κ3) is 13.8. The van der Waals surface area contributed by atoms with Gasteiger partial charge in [0.1, 0.15) is 29.3 Å². The number of likely N-dealkylation sites (N-methyl/N-ethyl adjacent to an activating group) is 1. The maximum atomic E-state index is 13.3. The standard InChI is InChI=1S/C51H62BrN9O10/c1-4-40-51(67)59(2)42-30-55-44(57-47(42)60(40)31-33-11-15-36(52)16-12-33)29-34-13-14-35(28-43(34)68-3)48(64)54-21-23-70-25-27-71-26-24-69-22-20-53-19-6-5-10-45(62)56-39-9-7-8-37-38(39)32-61(50(37)66)41-17-18-46(63)58-49(41)65/h7-9,11-16,28,30,40-41,53H,4-6,10,17-27,29,31-32H2,1-3H3,(H,54,64)(H,56,62)(H,58,63,65)/t40-,41?/m1/s1. The number of hydrogen-bond acceptors (Lipinski definition) is 14. The van der Waals surface area contributed by atoms with Crippen LogP contribution in [0.25, 0.3) is 0 Å². The van der Waals surface area contributed by atoms with Crippen molar-refractivity contribution in [2.75, 3.05) is 88.5 Å². The maximum absolute atomic E-state index is 13.3. The van der Waals surface area contributed by atoms with Crippen molar-refractivity contribution in [1.82, 2.24) is 30.8 Å². The minimum Gasteiger partial charge on any atom is -0.496 e. The SMILES string of the molecule is CC[C@@H]1C(=O)N(C)c2cnc(Cc3ccc(C(=O)NCCOCCOCCOCCNCCCCC(=O)Nc4cccc5c4CN(C4CCC(=O)NC4=O)C5=O)cc3OC)nc2N1Cc1ccc(Br)cc1. The molecular weight excluding hydrogens is 979 g/mol. The predicted octanol–water partition coefficient (Wildman–Crippen LogP) is 4.54. The Balaban J connectivity index is 0.715. The smallest absolute Gasteiger partial charge is 0.255 e. The molecule has 0 saturated carbocycles. The van der Waals surface area contributed by atoms with E-state index in [9.17, 15) is 28.8 Å². The number of carbonyl (C=O) groups excluding carboxylic acids is 6. The summed E-state index contributed by atoms with van der Waals surface area (Å²) in [6.45, 7) is 6.85. The predicted molar refractivity (Wildman–Crippen MR) is 268 cm³/mol. The highest BCUT2D eigenvalue weighted by Crippen LogP contribution is 2.36. The van der Waals surface area contributed by atoms with Crippen molar-refractivity contribution in [2.24, 2.45) is 0 Å². The van der Waals surface area contributed by atoms with Crippen molar-refractivity contribution >= 4 is 68.6 Å². The zero-order valence-corrected chi connectivity index (χ0v) is 42.0. The largest absolute Gasteiger partial charge is 0.496 e. The summed E-state index contributed by atoms with van der Waals surface area (Å²) >= 11 is 3.50. The summed E-state index contributed by atoms with van der Waals surface area (Å²) < 4.78 is 23.5. The van der Waals surface area contributed by atoms with Gasteiger partial charge in [-0.25, -0.2) is 9.97 Å². The number of nitrogens with zero attached hydrogens (tertiary/aromatic N) is 5. The molecule has 1 fully saturated rings. The van der Waals surface area contributed by atoms with Crippen LogP contribution < -0.4 is 35.8 Å². The molecule has 4 aromatic rings. The number of ether oxygens (including phenoxy) is 4. The van der Waals surface area contributed by atoms with Gasteiger partial charge in [-0.1, -0.05) is 47.1 Å². The van der Waals surface area contributed by atoms with Crippen molar-refractivity contribution < 1.29 is 47.7 Å². The van der Waals surface area contributed by atoms with Gasteiger partial charge in [-0.05, 0) is 74.2 Å². The topological polar surface area (TPSA) is 223 Å². The fourth-order valence-electron chi connectivity index (χ4n) is 8.73. The average Bonchev–Trinajstić information content (AvgIpc) is 3.70. The first-order chi connectivity index (χ1) is 34.4. The summed E-state index contributed by atoms with van der Waals surface area (Å²) in [4.78, 5) is 90.9. The van der Waals surface area contributed by atoms with Crippen LogP contribution in [0.3, 0.4) is 0 Å². The number of fused-ring (bicyclic) bond motifs is 2. The number of nitrogens with one attached hydrogen (secondary N) is 4. The lowest BCUT2D eigenvalue weighted by Crippen LogP contribution is -2.52. The van der Waals surface area contributed by atoms with Crippen LogP contribution in [-0.2, 0) is 52.9 Å². The molecule has 4 heterocycles. The average molecular weight is 1040 g/mol. The first-order valence-corrected chi connectivity index (χ1v) is 24.8. The summed E-state index contributed by atoms with van der Waals surface area (Å²) in [5.74, 6) is 0.281. The highest BCUT2D eigenvalue weighted by atomic mass is 79.9. The van der Waals surface area contributed by atoms with Crippen molar-refractivity contribution in [1.29, 1.82) is 0 Å². The molecule has 3 aliphatic heterocycles. The quantitative estimate of drug-likeness (QED) is 0.0501. The maximum Gasteiger partial charge on any atom is 0.255 e. The zero-order valence-electron chi connectivity index (χ0n) is 40.4. The van der Waals surface area contributed by atoms with Gasteiger partial charge in [-0.3, -0.25) is 34.1 Å². The second-order valence-electron chi connectivity index (χ2n) is 17.4. The van der Waals surface area contributed by atoms with Crippen LogP contribution in [0.1, 0.15) is 88.7 Å². The molecule has 20 heteroatoms. The van der Waals surface area contributed by atoms with Crippen LogP contribution in [0.4, 0.5) is 17.2 Å². The summed E-state index contributed by atoms with van der Waals surface area (Å²) in [7, 11) is 3.32. The number of rotatable bonds is 26. The van der Waals surface area contributed by atoms with Crippen molar-refractivity contribution in [3.05, 3.63) is 105 Å². The number of anilines is 3. The number of hydrogen-bond donors (Lipinski definition) is 4.